The smallest absolute Gasteiger partial charge is 0.263 e. The molecule has 3 aromatic rings. The predicted molar refractivity (Wildman–Crippen MR) is 101 cm³/mol. The van der Waals surface area contributed by atoms with Crippen molar-refractivity contribution in [3.8, 4) is 0 Å². The molecule has 0 bridgehead atoms. The Kier molecular flexibility index (Phi) is 3.97. The highest BCUT2D eigenvalue weighted by Gasteiger charge is 2.27. The lowest BCUT2D eigenvalue weighted by Gasteiger charge is -2.34. The fourth-order valence-corrected chi connectivity index (χ4v) is 5.22. The fraction of sp³-hybridized carbons (Fsp3) is 0.368. The molecule has 24 heavy (non-hydrogen) atoms. The third kappa shape index (κ3) is 2.68. The Hall–Kier alpha value is -1.65. The quantitative estimate of drug-likeness (QED) is 0.558. The van der Waals surface area contributed by atoms with Gasteiger partial charge in [0.05, 0.1) is 10.4 Å². The monoisotopic (exact) mass is 358 g/mol. The van der Waals surface area contributed by atoms with E-state index in [1.807, 2.05) is 35.2 Å². The minimum Gasteiger partial charge on any atom is -0.337 e. The van der Waals surface area contributed by atoms with Crippen LogP contribution < -0.4 is 0 Å². The number of piperidine rings is 1. The molecule has 0 N–H and O–H groups in total. The molecule has 1 amide bonds. The number of nitrogens with zero attached hydrogens (tertiary/aromatic N) is 2. The van der Waals surface area contributed by atoms with Crippen molar-refractivity contribution in [1.29, 1.82) is 0 Å². The van der Waals surface area contributed by atoms with Gasteiger partial charge in [-0.15, -0.1) is 11.3 Å². The van der Waals surface area contributed by atoms with Crippen molar-refractivity contribution in [3.63, 3.8) is 0 Å². The van der Waals surface area contributed by atoms with E-state index in [9.17, 15) is 4.79 Å². The minimum absolute atomic E-state index is 0.120. The second-order valence-electron chi connectivity index (χ2n) is 6.93. The molecule has 124 valence electrons. The molecule has 5 heteroatoms. The van der Waals surface area contributed by atoms with E-state index in [1.54, 1.807) is 0 Å². The summed E-state index contributed by atoms with van der Waals surface area (Å²) in [6.07, 6.45) is 1.19. The first-order chi connectivity index (χ1) is 11.5. The van der Waals surface area contributed by atoms with Crippen molar-refractivity contribution in [1.82, 2.24) is 9.88 Å². The van der Waals surface area contributed by atoms with Crippen LogP contribution in [0.4, 0.5) is 0 Å². The second kappa shape index (κ2) is 6.01. The van der Waals surface area contributed by atoms with Crippen molar-refractivity contribution in [2.75, 3.05) is 13.1 Å². The summed E-state index contributed by atoms with van der Waals surface area (Å²) >= 11 is 7.89. The van der Waals surface area contributed by atoms with Crippen LogP contribution in [0.1, 0.15) is 29.9 Å². The first-order valence-corrected chi connectivity index (χ1v) is 9.49. The number of carbonyl (C=O) groups excluding carboxylic acids is 1. The van der Waals surface area contributed by atoms with E-state index in [4.69, 9.17) is 11.6 Å². The number of hydrogen-bond donors (Lipinski definition) is 0. The van der Waals surface area contributed by atoms with E-state index in [1.165, 1.54) is 17.8 Å². The summed E-state index contributed by atoms with van der Waals surface area (Å²) in [5, 5.41) is 2.41. The van der Waals surface area contributed by atoms with Crippen LogP contribution in [0.25, 0.3) is 21.0 Å². The SMILES string of the molecule is C[C@@H]1C[C@H](C)CN(C(=O)c2cc3c(Cl)nc4ccccc4c3s2)C1. The number of aromatic nitrogens is 1. The number of amides is 1. The Balaban J connectivity index is 1.79. The summed E-state index contributed by atoms with van der Waals surface area (Å²) in [6.45, 7) is 6.11. The lowest BCUT2D eigenvalue weighted by Crippen LogP contribution is -2.42. The van der Waals surface area contributed by atoms with E-state index in [0.717, 1.165) is 39.0 Å². The third-order valence-electron chi connectivity index (χ3n) is 4.69. The summed E-state index contributed by atoms with van der Waals surface area (Å²) in [5.74, 6) is 1.23. The van der Waals surface area contributed by atoms with Gasteiger partial charge in [-0.1, -0.05) is 43.6 Å². The number of para-hydroxylation sites is 1. The van der Waals surface area contributed by atoms with Crippen molar-refractivity contribution in [2.45, 2.75) is 20.3 Å². The Morgan fingerprint density at radius 2 is 1.92 bits per heavy atom. The van der Waals surface area contributed by atoms with Gasteiger partial charge in [0, 0.05) is 28.6 Å². The largest absolute Gasteiger partial charge is 0.337 e. The van der Waals surface area contributed by atoms with Gasteiger partial charge < -0.3 is 4.90 Å². The van der Waals surface area contributed by atoms with E-state index in [0.29, 0.717) is 17.0 Å². The van der Waals surface area contributed by atoms with Crippen LogP contribution in [-0.2, 0) is 0 Å². The second-order valence-corrected chi connectivity index (χ2v) is 8.34. The predicted octanol–water partition coefficient (Wildman–Crippen LogP) is 5.22. The van der Waals surface area contributed by atoms with Crippen molar-refractivity contribution in [2.24, 2.45) is 11.8 Å². The molecule has 0 aliphatic carbocycles. The zero-order valence-electron chi connectivity index (χ0n) is 13.8. The molecule has 1 saturated heterocycles. The average Bonchev–Trinajstić information content (AvgIpc) is 2.99. The molecule has 1 aromatic carbocycles. The first-order valence-electron chi connectivity index (χ1n) is 8.30. The number of rotatable bonds is 1. The van der Waals surface area contributed by atoms with Gasteiger partial charge in [0.1, 0.15) is 5.15 Å². The molecular formula is C19H19ClN2OS. The number of fused-ring (bicyclic) bond motifs is 3. The number of hydrogen-bond acceptors (Lipinski definition) is 3. The molecule has 3 nitrogen and oxygen atoms in total. The van der Waals surface area contributed by atoms with Gasteiger partial charge in [-0.25, -0.2) is 4.98 Å². The van der Waals surface area contributed by atoms with Crippen LogP contribution >= 0.6 is 22.9 Å². The highest BCUT2D eigenvalue weighted by molar-refractivity contribution is 7.21. The normalized spacial score (nSPS) is 21.5. The number of thiophene rings is 1. The van der Waals surface area contributed by atoms with Crippen molar-refractivity contribution in [3.05, 3.63) is 40.4 Å². The van der Waals surface area contributed by atoms with Gasteiger partial charge in [-0.05, 0) is 30.4 Å². The minimum atomic E-state index is 0.120. The van der Waals surface area contributed by atoms with E-state index < -0.39 is 0 Å². The number of likely N-dealkylation sites (tertiary alicyclic amines) is 1. The molecule has 1 fully saturated rings. The molecule has 0 unspecified atom stereocenters. The maximum absolute atomic E-state index is 13.0. The molecule has 2 atom stereocenters. The van der Waals surface area contributed by atoms with E-state index in [-0.39, 0.29) is 5.91 Å². The Morgan fingerprint density at radius 1 is 1.21 bits per heavy atom. The molecule has 0 saturated carbocycles. The number of benzene rings is 1. The number of halogens is 1. The van der Waals surface area contributed by atoms with Crippen molar-refractivity contribution < 1.29 is 4.79 Å². The zero-order chi connectivity index (χ0) is 16.8. The lowest BCUT2D eigenvalue weighted by molar-refractivity contribution is 0.0628. The maximum atomic E-state index is 13.0. The van der Waals surface area contributed by atoms with Gasteiger partial charge in [-0.3, -0.25) is 4.79 Å². The van der Waals surface area contributed by atoms with Crippen LogP contribution in [0.5, 0.6) is 0 Å². The molecule has 0 radical (unpaired) electrons. The topological polar surface area (TPSA) is 33.2 Å². The van der Waals surface area contributed by atoms with Crippen LogP contribution in [0, 0.1) is 11.8 Å². The Bertz CT molecular complexity index is 926. The lowest BCUT2D eigenvalue weighted by atomic mass is 9.92. The molecule has 1 aliphatic rings. The van der Waals surface area contributed by atoms with Gasteiger partial charge in [-0.2, -0.15) is 0 Å². The highest BCUT2D eigenvalue weighted by Crippen LogP contribution is 2.36. The molecule has 3 heterocycles. The molecule has 2 aromatic heterocycles. The molecular weight excluding hydrogens is 340 g/mol. The van der Waals surface area contributed by atoms with Crippen molar-refractivity contribution >= 4 is 49.8 Å². The highest BCUT2D eigenvalue weighted by atomic mass is 35.5. The molecule has 4 rings (SSSR count). The first kappa shape index (κ1) is 15.9. The van der Waals surface area contributed by atoms with Crippen LogP contribution in [0.3, 0.4) is 0 Å². The van der Waals surface area contributed by atoms with Gasteiger partial charge in [0.15, 0.2) is 0 Å². The van der Waals surface area contributed by atoms with Gasteiger partial charge in [0.25, 0.3) is 5.91 Å². The van der Waals surface area contributed by atoms with Crippen LogP contribution in [0.15, 0.2) is 30.3 Å². The fourth-order valence-electron chi connectivity index (χ4n) is 3.76. The Labute approximate surface area is 150 Å². The van der Waals surface area contributed by atoms with E-state index >= 15 is 0 Å². The summed E-state index contributed by atoms with van der Waals surface area (Å²) in [7, 11) is 0. The maximum Gasteiger partial charge on any atom is 0.263 e. The summed E-state index contributed by atoms with van der Waals surface area (Å²) in [6, 6.07) is 9.85. The molecule has 0 spiro atoms. The zero-order valence-corrected chi connectivity index (χ0v) is 15.3. The average molecular weight is 359 g/mol. The van der Waals surface area contributed by atoms with Gasteiger partial charge in [0.2, 0.25) is 0 Å². The van der Waals surface area contributed by atoms with Crippen LogP contribution in [-0.4, -0.2) is 28.9 Å². The third-order valence-corrected chi connectivity index (χ3v) is 6.13. The Morgan fingerprint density at radius 3 is 2.67 bits per heavy atom. The van der Waals surface area contributed by atoms with Gasteiger partial charge >= 0.3 is 0 Å². The summed E-state index contributed by atoms with van der Waals surface area (Å²) in [5.41, 5.74) is 0.871. The summed E-state index contributed by atoms with van der Waals surface area (Å²) in [4.78, 5) is 20.2. The molecule has 1 aliphatic heterocycles. The summed E-state index contributed by atoms with van der Waals surface area (Å²) < 4.78 is 1.05. The standard InChI is InChI=1S/C19H19ClN2OS/c1-11-7-12(2)10-22(9-11)19(23)16-8-14-17(24-16)13-5-3-4-6-15(13)21-18(14)20/h3-6,8,11-12H,7,9-10H2,1-2H3/t11-,12+. The number of carbonyl (C=O) groups is 1. The van der Waals surface area contributed by atoms with E-state index in [2.05, 4.69) is 18.8 Å². The van der Waals surface area contributed by atoms with Crippen LogP contribution in [0.2, 0.25) is 5.15 Å². The number of pyridine rings is 1.